The normalized spacial score (nSPS) is 27.7. The molecule has 0 spiro atoms. The molecule has 106 valence electrons. The lowest BCUT2D eigenvalue weighted by Gasteiger charge is -2.27. The molecule has 0 aromatic carbocycles. The van der Waals surface area contributed by atoms with Gasteiger partial charge in [0, 0.05) is 13.2 Å². The van der Waals surface area contributed by atoms with E-state index in [1.54, 1.807) is 14.0 Å². The van der Waals surface area contributed by atoms with Crippen LogP contribution in [0, 0.1) is 11.8 Å². The van der Waals surface area contributed by atoms with Crippen molar-refractivity contribution >= 4 is 5.97 Å². The summed E-state index contributed by atoms with van der Waals surface area (Å²) >= 11 is 0. The molecule has 0 amide bonds. The van der Waals surface area contributed by atoms with E-state index in [-0.39, 0.29) is 0 Å². The van der Waals surface area contributed by atoms with Crippen molar-refractivity contribution in [2.45, 2.75) is 51.5 Å². The molecule has 0 bridgehead atoms. The molecular formula is C14H27NO3. The van der Waals surface area contributed by atoms with E-state index in [1.807, 2.05) is 0 Å². The van der Waals surface area contributed by atoms with Crippen LogP contribution >= 0.6 is 0 Å². The summed E-state index contributed by atoms with van der Waals surface area (Å²) in [6, 6.07) is 0. The molecule has 3 unspecified atom stereocenters. The molecule has 4 nitrogen and oxygen atoms in total. The predicted octanol–water partition coefficient (Wildman–Crippen LogP) is 2.28. The molecule has 0 saturated heterocycles. The van der Waals surface area contributed by atoms with Gasteiger partial charge in [-0.2, -0.15) is 0 Å². The first-order chi connectivity index (χ1) is 8.48. The van der Waals surface area contributed by atoms with Crippen LogP contribution < -0.4 is 5.32 Å². The number of ether oxygens (including phenoxy) is 1. The van der Waals surface area contributed by atoms with Crippen LogP contribution in [0.25, 0.3) is 0 Å². The summed E-state index contributed by atoms with van der Waals surface area (Å²) in [5.41, 5.74) is -0.875. The van der Waals surface area contributed by atoms with Gasteiger partial charge in [0.25, 0.3) is 0 Å². The molecule has 0 aliphatic heterocycles. The van der Waals surface area contributed by atoms with Gasteiger partial charge in [-0.1, -0.05) is 19.8 Å². The zero-order valence-electron chi connectivity index (χ0n) is 11.9. The van der Waals surface area contributed by atoms with Gasteiger partial charge in [0.15, 0.2) is 0 Å². The Morgan fingerprint density at radius 1 is 1.50 bits per heavy atom. The maximum Gasteiger partial charge on any atom is 0.323 e. The molecule has 3 atom stereocenters. The third-order valence-corrected chi connectivity index (χ3v) is 4.17. The minimum atomic E-state index is -0.875. The molecule has 0 aromatic heterocycles. The molecule has 4 heteroatoms. The van der Waals surface area contributed by atoms with Crippen molar-refractivity contribution in [3.05, 3.63) is 0 Å². The average Bonchev–Trinajstić information content (AvgIpc) is 2.34. The number of likely N-dealkylation sites (N-methyl/N-ethyl adjacent to an activating group) is 1. The maximum absolute atomic E-state index is 11.1. The second kappa shape index (κ2) is 7.10. The number of carbonyl (C=O) groups is 1. The Morgan fingerprint density at radius 2 is 2.22 bits per heavy atom. The molecule has 0 radical (unpaired) electrons. The number of nitrogens with one attached hydrogen (secondary N) is 1. The van der Waals surface area contributed by atoms with Crippen LogP contribution in [0.1, 0.15) is 46.0 Å². The highest BCUT2D eigenvalue weighted by molar-refractivity contribution is 5.78. The van der Waals surface area contributed by atoms with Gasteiger partial charge in [0.2, 0.25) is 0 Å². The van der Waals surface area contributed by atoms with E-state index in [4.69, 9.17) is 9.84 Å². The van der Waals surface area contributed by atoms with Crippen molar-refractivity contribution in [1.29, 1.82) is 0 Å². The van der Waals surface area contributed by atoms with Crippen LogP contribution in [0.3, 0.4) is 0 Å². The first-order valence-corrected chi connectivity index (χ1v) is 6.98. The zero-order chi connectivity index (χ0) is 13.6. The Morgan fingerprint density at radius 3 is 2.78 bits per heavy atom. The van der Waals surface area contributed by atoms with Gasteiger partial charge in [0.05, 0.1) is 0 Å². The predicted molar refractivity (Wildman–Crippen MR) is 71.7 cm³/mol. The van der Waals surface area contributed by atoms with E-state index < -0.39 is 11.5 Å². The third kappa shape index (κ3) is 4.58. The highest BCUT2D eigenvalue weighted by atomic mass is 16.5. The van der Waals surface area contributed by atoms with Crippen LogP contribution in [0.4, 0.5) is 0 Å². The van der Waals surface area contributed by atoms with Crippen molar-refractivity contribution in [2.24, 2.45) is 11.8 Å². The molecule has 1 rings (SSSR count). The monoisotopic (exact) mass is 257 g/mol. The summed E-state index contributed by atoms with van der Waals surface area (Å²) < 4.78 is 5.67. The van der Waals surface area contributed by atoms with E-state index >= 15 is 0 Å². The van der Waals surface area contributed by atoms with Crippen LogP contribution in [-0.2, 0) is 9.53 Å². The molecule has 1 aliphatic carbocycles. The lowest BCUT2D eigenvalue weighted by Crippen LogP contribution is -2.48. The number of hydrogen-bond acceptors (Lipinski definition) is 3. The molecule has 1 saturated carbocycles. The number of rotatable bonds is 7. The number of carboxylic acid groups (broad SMARTS) is 1. The van der Waals surface area contributed by atoms with E-state index in [0.29, 0.717) is 18.9 Å². The Bertz CT molecular complexity index is 270. The van der Waals surface area contributed by atoms with Gasteiger partial charge in [0.1, 0.15) is 5.54 Å². The van der Waals surface area contributed by atoms with E-state index in [2.05, 4.69) is 12.2 Å². The minimum Gasteiger partial charge on any atom is -0.480 e. The van der Waals surface area contributed by atoms with Crippen LogP contribution in [0.5, 0.6) is 0 Å². The Kier molecular flexibility index (Phi) is 6.09. The summed E-state index contributed by atoms with van der Waals surface area (Å²) in [6.45, 7) is 5.29. The van der Waals surface area contributed by atoms with E-state index in [9.17, 15) is 4.79 Å². The number of aliphatic carboxylic acids is 1. The van der Waals surface area contributed by atoms with Gasteiger partial charge < -0.3 is 15.2 Å². The lowest BCUT2D eigenvalue weighted by atomic mass is 9.83. The quantitative estimate of drug-likeness (QED) is 0.687. The fourth-order valence-electron chi connectivity index (χ4n) is 2.58. The standard InChI is InChI=1S/C14H27NO3/c1-11-5-4-6-12(9-11)10-18-8-7-14(2,15-3)13(16)17/h11-12,15H,4-10H2,1-3H3,(H,16,17). The van der Waals surface area contributed by atoms with Gasteiger partial charge in [-0.25, -0.2) is 0 Å². The first-order valence-electron chi connectivity index (χ1n) is 6.98. The fraction of sp³-hybridized carbons (Fsp3) is 0.929. The topological polar surface area (TPSA) is 58.6 Å². The maximum atomic E-state index is 11.1. The van der Waals surface area contributed by atoms with E-state index in [0.717, 1.165) is 12.5 Å². The number of carboxylic acids is 1. The fourth-order valence-corrected chi connectivity index (χ4v) is 2.58. The summed E-state index contributed by atoms with van der Waals surface area (Å²) in [7, 11) is 1.68. The summed E-state index contributed by atoms with van der Waals surface area (Å²) in [6.07, 6.45) is 5.65. The molecule has 2 N–H and O–H groups in total. The van der Waals surface area contributed by atoms with Crippen molar-refractivity contribution < 1.29 is 14.6 Å². The lowest BCUT2D eigenvalue weighted by molar-refractivity contribution is -0.144. The number of hydrogen-bond donors (Lipinski definition) is 2. The van der Waals surface area contributed by atoms with Crippen molar-refractivity contribution in [1.82, 2.24) is 5.32 Å². The third-order valence-electron chi connectivity index (χ3n) is 4.17. The average molecular weight is 257 g/mol. The Hall–Kier alpha value is -0.610. The molecule has 1 fully saturated rings. The van der Waals surface area contributed by atoms with E-state index in [1.165, 1.54) is 25.7 Å². The Labute approximate surface area is 110 Å². The van der Waals surface area contributed by atoms with Crippen molar-refractivity contribution in [2.75, 3.05) is 20.3 Å². The summed E-state index contributed by atoms with van der Waals surface area (Å²) in [5.74, 6) is 0.660. The van der Waals surface area contributed by atoms with Gasteiger partial charge in [-0.05, 0) is 45.1 Å². The molecule has 0 aromatic rings. The van der Waals surface area contributed by atoms with Gasteiger partial charge in [-0.15, -0.1) is 0 Å². The largest absolute Gasteiger partial charge is 0.480 e. The summed E-state index contributed by atoms with van der Waals surface area (Å²) in [4.78, 5) is 11.1. The smallest absolute Gasteiger partial charge is 0.323 e. The van der Waals surface area contributed by atoms with Crippen LogP contribution in [-0.4, -0.2) is 36.9 Å². The first kappa shape index (κ1) is 15.4. The van der Waals surface area contributed by atoms with Gasteiger partial charge >= 0.3 is 5.97 Å². The minimum absolute atomic E-state index is 0.501. The van der Waals surface area contributed by atoms with Crippen molar-refractivity contribution in [3.8, 4) is 0 Å². The zero-order valence-corrected chi connectivity index (χ0v) is 11.9. The molecular weight excluding hydrogens is 230 g/mol. The second-order valence-corrected chi connectivity index (χ2v) is 5.85. The summed E-state index contributed by atoms with van der Waals surface area (Å²) in [5, 5.41) is 11.9. The molecule has 1 aliphatic rings. The van der Waals surface area contributed by atoms with Crippen LogP contribution in [0.15, 0.2) is 0 Å². The van der Waals surface area contributed by atoms with Gasteiger partial charge in [-0.3, -0.25) is 4.79 Å². The molecule has 18 heavy (non-hydrogen) atoms. The van der Waals surface area contributed by atoms with Crippen LogP contribution in [0.2, 0.25) is 0 Å². The SMILES string of the molecule is CNC(C)(CCOCC1CCCC(C)C1)C(=O)O. The Balaban J connectivity index is 2.19. The highest BCUT2D eigenvalue weighted by Gasteiger charge is 2.30. The van der Waals surface area contributed by atoms with Crippen molar-refractivity contribution in [3.63, 3.8) is 0 Å². The second-order valence-electron chi connectivity index (χ2n) is 5.85. The highest BCUT2D eigenvalue weighted by Crippen LogP contribution is 2.28. The molecule has 0 heterocycles.